The van der Waals surface area contributed by atoms with Crippen molar-refractivity contribution in [1.82, 2.24) is 4.90 Å². The fourth-order valence-corrected chi connectivity index (χ4v) is 2.81. The highest BCUT2D eigenvalue weighted by Gasteiger charge is 2.37. The topological polar surface area (TPSA) is 49.5 Å². The molecule has 0 aromatic heterocycles. The predicted molar refractivity (Wildman–Crippen MR) is 68.3 cm³/mol. The predicted octanol–water partition coefficient (Wildman–Crippen LogP) is 1.45. The Morgan fingerprint density at radius 2 is 1.88 bits per heavy atom. The number of likely N-dealkylation sites (tertiary alicyclic amines) is 1. The zero-order valence-corrected chi connectivity index (χ0v) is 11.1. The summed E-state index contributed by atoms with van der Waals surface area (Å²) >= 11 is 0. The minimum atomic E-state index is -0.503. The number of rotatable bonds is 5. The lowest BCUT2D eigenvalue weighted by atomic mass is 9.78. The van der Waals surface area contributed by atoms with E-state index in [1.807, 2.05) is 0 Å². The Kier molecular flexibility index (Phi) is 5.22. The summed E-state index contributed by atoms with van der Waals surface area (Å²) in [5.74, 6) is 0.983. The lowest BCUT2D eigenvalue weighted by molar-refractivity contribution is -0.0668. The van der Waals surface area contributed by atoms with Gasteiger partial charge in [-0.1, -0.05) is 20.8 Å². The van der Waals surface area contributed by atoms with Crippen LogP contribution in [0.25, 0.3) is 0 Å². The van der Waals surface area contributed by atoms with Crippen LogP contribution in [0.1, 0.15) is 40.0 Å². The summed E-state index contributed by atoms with van der Waals surface area (Å²) in [5, 5.41) is 10.6. The van der Waals surface area contributed by atoms with E-state index in [-0.39, 0.29) is 5.92 Å². The summed E-state index contributed by atoms with van der Waals surface area (Å²) in [6.45, 7) is 10.4. The first kappa shape index (κ1) is 13.9. The van der Waals surface area contributed by atoms with E-state index < -0.39 is 5.60 Å². The Morgan fingerprint density at radius 3 is 2.25 bits per heavy atom. The standard InChI is InChI=1S/C13H28N2O/c1-4-12(9-14)13(16)5-7-15(8-6-13)10-11(2)3/h11-12,16H,4-10,14H2,1-3H3. The lowest BCUT2D eigenvalue weighted by Gasteiger charge is -2.43. The molecule has 1 rings (SSSR count). The molecule has 1 fully saturated rings. The Hall–Kier alpha value is -0.120. The Labute approximate surface area is 100 Å². The van der Waals surface area contributed by atoms with E-state index in [1.54, 1.807) is 0 Å². The molecular formula is C13H28N2O. The molecule has 3 heteroatoms. The highest BCUT2D eigenvalue weighted by Crippen LogP contribution is 2.31. The van der Waals surface area contributed by atoms with Crippen molar-refractivity contribution in [2.45, 2.75) is 45.6 Å². The van der Waals surface area contributed by atoms with E-state index in [9.17, 15) is 5.11 Å². The van der Waals surface area contributed by atoms with Gasteiger partial charge < -0.3 is 15.7 Å². The van der Waals surface area contributed by atoms with E-state index in [0.29, 0.717) is 12.5 Å². The zero-order chi connectivity index (χ0) is 12.2. The average Bonchev–Trinajstić information content (AvgIpc) is 2.23. The van der Waals surface area contributed by atoms with Crippen molar-refractivity contribution in [3.63, 3.8) is 0 Å². The van der Waals surface area contributed by atoms with Crippen LogP contribution in [0.2, 0.25) is 0 Å². The van der Waals surface area contributed by atoms with Crippen molar-refractivity contribution in [2.75, 3.05) is 26.2 Å². The molecule has 3 N–H and O–H groups in total. The van der Waals surface area contributed by atoms with Gasteiger partial charge in [0, 0.05) is 19.6 Å². The molecule has 16 heavy (non-hydrogen) atoms. The van der Waals surface area contributed by atoms with Gasteiger partial charge in [0.15, 0.2) is 0 Å². The van der Waals surface area contributed by atoms with E-state index in [2.05, 4.69) is 25.7 Å². The quantitative estimate of drug-likeness (QED) is 0.749. The molecule has 1 atom stereocenters. The summed E-state index contributed by atoms with van der Waals surface area (Å²) in [5.41, 5.74) is 5.24. The number of hydrogen-bond donors (Lipinski definition) is 2. The molecule has 0 aliphatic carbocycles. The fraction of sp³-hybridized carbons (Fsp3) is 1.00. The molecule has 1 aliphatic heterocycles. The van der Waals surface area contributed by atoms with Gasteiger partial charge in [-0.3, -0.25) is 0 Å². The van der Waals surface area contributed by atoms with E-state index >= 15 is 0 Å². The van der Waals surface area contributed by atoms with Gasteiger partial charge in [0.05, 0.1) is 5.60 Å². The Morgan fingerprint density at radius 1 is 1.31 bits per heavy atom. The summed E-state index contributed by atoms with van der Waals surface area (Å²) in [4.78, 5) is 2.46. The Balaban J connectivity index is 2.46. The minimum Gasteiger partial charge on any atom is -0.389 e. The minimum absolute atomic E-state index is 0.272. The summed E-state index contributed by atoms with van der Waals surface area (Å²) in [7, 11) is 0. The third-order valence-corrected chi connectivity index (χ3v) is 3.88. The van der Waals surface area contributed by atoms with Gasteiger partial charge in [0.1, 0.15) is 0 Å². The molecule has 0 amide bonds. The van der Waals surface area contributed by atoms with Gasteiger partial charge in [0.25, 0.3) is 0 Å². The van der Waals surface area contributed by atoms with Gasteiger partial charge in [-0.15, -0.1) is 0 Å². The first-order valence-electron chi connectivity index (χ1n) is 6.66. The molecule has 3 nitrogen and oxygen atoms in total. The van der Waals surface area contributed by atoms with E-state index in [1.165, 1.54) is 0 Å². The molecule has 1 saturated heterocycles. The fourth-order valence-electron chi connectivity index (χ4n) is 2.81. The zero-order valence-electron chi connectivity index (χ0n) is 11.1. The smallest absolute Gasteiger partial charge is 0.0712 e. The summed E-state index contributed by atoms with van der Waals surface area (Å²) in [6.07, 6.45) is 2.75. The number of nitrogens with two attached hydrogens (primary N) is 1. The SMILES string of the molecule is CCC(CN)C1(O)CCN(CC(C)C)CC1. The number of piperidine rings is 1. The van der Waals surface area contributed by atoms with Crippen molar-refractivity contribution in [1.29, 1.82) is 0 Å². The molecule has 0 radical (unpaired) electrons. The largest absolute Gasteiger partial charge is 0.389 e. The molecule has 1 unspecified atom stereocenters. The van der Waals surface area contributed by atoms with Crippen molar-refractivity contribution in [2.24, 2.45) is 17.6 Å². The van der Waals surface area contributed by atoms with E-state index in [0.717, 1.165) is 38.9 Å². The summed E-state index contributed by atoms with van der Waals surface area (Å²) < 4.78 is 0. The van der Waals surface area contributed by atoms with E-state index in [4.69, 9.17) is 5.73 Å². The average molecular weight is 228 g/mol. The normalized spacial score (nSPS) is 23.6. The first-order chi connectivity index (χ1) is 7.51. The Bertz CT molecular complexity index is 194. The molecule has 1 aliphatic rings. The van der Waals surface area contributed by atoms with Crippen LogP contribution in [0.3, 0.4) is 0 Å². The molecule has 0 spiro atoms. The van der Waals surface area contributed by atoms with Crippen LogP contribution in [0.4, 0.5) is 0 Å². The molecule has 0 bridgehead atoms. The molecule has 96 valence electrons. The van der Waals surface area contributed by atoms with Gasteiger partial charge in [-0.05, 0) is 37.6 Å². The molecule has 0 saturated carbocycles. The maximum atomic E-state index is 10.6. The third-order valence-electron chi connectivity index (χ3n) is 3.88. The van der Waals surface area contributed by atoms with Gasteiger partial charge in [-0.2, -0.15) is 0 Å². The van der Waals surface area contributed by atoms with Crippen LogP contribution in [-0.4, -0.2) is 41.8 Å². The van der Waals surface area contributed by atoms with Crippen molar-refractivity contribution in [3.8, 4) is 0 Å². The van der Waals surface area contributed by atoms with Crippen LogP contribution in [-0.2, 0) is 0 Å². The second kappa shape index (κ2) is 5.99. The number of nitrogens with zero attached hydrogens (tertiary/aromatic N) is 1. The van der Waals surface area contributed by atoms with Crippen molar-refractivity contribution < 1.29 is 5.11 Å². The third kappa shape index (κ3) is 3.44. The van der Waals surface area contributed by atoms with Crippen LogP contribution in [0.5, 0.6) is 0 Å². The van der Waals surface area contributed by atoms with Crippen molar-refractivity contribution in [3.05, 3.63) is 0 Å². The van der Waals surface area contributed by atoms with Gasteiger partial charge in [-0.25, -0.2) is 0 Å². The highest BCUT2D eigenvalue weighted by molar-refractivity contribution is 4.91. The molecule has 0 aromatic rings. The first-order valence-corrected chi connectivity index (χ1v) is 6.66. The monoisotopic (exact) mass is 228 g/mol. The second-order valence-electron chi connectivity index (χ2n) is 5.64. The number of aliphatic hydroxyl groups is 1. The van der Waals surface area contributed by atoms with Crippen LogP contribution in [0.15, 0.2) is 0 Å². The van der Waals surface area contributed by atoms with Crippen LogP contribution >= 0.6 is 0 Å². The maximum absolute atomic E-state index is 10.6. The van der Waals surface area contributed by atoms with Crippen LogP contribution < -0.4 is 5.73 Å². The lowest BCUT2D eigenvalue weighted by Crippen LogP contribution is -2.51. The van der Waals surface area contributed by atoms with Gasteiger partial charge >= 0.3 is 0 Å². The highest BCUT2D eigenvalue weighted by atomic mass is 16.3. The summed E-state index contributed by atoms with van der Waals surface area (Å²) in [6, 6.07) is 0. The molecule has 0 aromatic carbocycles. The second-order valence-corrected chi connectivity index (χ2v) is 5.64. The van der Waals surface area contributed by atoms with Gasteiger partial charge in [0.2, 0.25) is 0 Å². The molecular weight excluding hydrogens is 200 g/mol. The number of hydrogen-bond acceptors (Lipinski definition) is 3. The van der Waals surface area contributed by atoms with Crippen LogP contribution in [0, 0.1) is 11.8 Å². The molecule has 1 heterocycles. The maximum Gasteiger partial charge on any atom is 0.0712 e. The van der Waals surface area contributed by atoms with Crippen molar-refractivity contribution >= 4 is 0 Å².